The number of hydrogen-bond donors (Lipinski definition) is 0. The van der Waals surface area contributed by atoms with Gasteiger partial charge in [-0.3, -0.25) is 14.7 Å². The molecule has 1 unspecified atom stereocenters. The number of rotatable bonds is 4. The van der Waals surface area contributed by atoms with E-state index in [9.17, 15) is 4.79 Å². The molecular weight excluding hydrogens is 346 g/mol. The van der Waals surface area contributed by atoms with Crippen molar-refractivity contribution < 1.29 is 4.79 Å². The van der Waals surface area contributed by atoms with Crippen LogP contribution in [0.3, 0.4) is 0 Å². The molecule has 4 rings (SSSR count). The van der Waals surface area contributed by atoms with Crippen LogP contribution >= 0.6 is 11.6 Å². The molecule has 1 atom stereocenters. The summed E-state index contributed by atoms with van der Waals surface area (Å²) in [5.41, 5.74) is 2.03. The Morgan fingerprint density at radius 3 is 2.38 bits per heavy atom. The van der Waals surface area contributed by atoms with Crippen LogP contribution < -0.4 is 0 Å². The molecule has 2 aromatic rings. The monoisotopic (exact) mass is 369 g/mol. The van der Waals surface area contributed by atoms with E-state index in [-0.39, 0.29) is 11.3 Å². The van der Waals surface area contributed by atoms with Crippen LogP contribution in [-0.2, 0) is 10.2 Å². The minimum atomic E-state index is -0.304. The first-order chi connectivity index (χ1) is 12.6. The minimum Gasteiger partial charge on any atom is -0.339 e. The molecule has 5 heteroatoms. The first-order valence-corrected chi connectivity index (χ1v) is 9.67. The Kier molecular flexibility index (Phi) is 4.72. The summed E-state index contributed by atoms with van der Waals surface area (Å²) in [6, 6.07) is 12.2. The number of pyridine rings is 1. The molecule has 1 amide bonds. The summed E-state index contributed by atoms with van der Waals surface area (Å²) in [6.07, 6.45) is 5.63. The molecular formula is C21H24ClN3O. The molecule has 2 aliphatic rings. The topological polar surface area (TPSA) is 36.4 Å². The van der Waals surface area contributed by atoms with Crippen LogP contribution in [0.5, 0.6) is 0 Å². The SMILES string of the molecule is CC(c1cccnc1)N1CCN(C(=O)C2(c3ccc(Cl)cc3)CC2)CC1. The molecule has 1 aliphatic heterocycles. The number of carbonyl (C=O) groups excluding carboxylic acids is 1. The van der Waals surface area contributed by atoms with Crippen LogP contribution in [0.2, 0.25) is 5.02 Å². The van der Waals surface area contributed by atoms with Gasteiger partial charge in [-0.05, 0) is 49.1 Å². The molecule has 1 saturated heterocycles. The van der Waals surface area contributed by atoms with Crippen molar-refractivity contribution in [3.05, 3.63) is 64.9 Å². The van der Waals surface area contributed by atoms with Crippen molar-refractivity contribution >= 4 is 17.5 Å². The summed E-state index contributed by atoms with van der Waals surface area (Å²) in [5.74, 6) is 0.286. The lowest BCUT2D eigenvalue weighted by molar-refractivity contribution is -0.136. The van der Waals surface area contributed by atoms with Crippen LogP contribution in [0.4, 0.5) is 0 Å². The molecule has 0 bridgehead atoms. The van der Waals surface area contributed by atoms with E-state index in [1.807, 2.05) is 41.4 Å². The van der Waals surface area contributed by atoms with Crippen LogP contribution in [0.1, 0.15) is 36.9 Å². The first-order valence-electron chi connectivity index (χ1n) is 9.29. The quantitative estimate of drug-likeness (QED) is 0.825. The van der Waals surface area contributed by atoms with E-state index in [4.69, 9.17) is 11.6 Å². The Balaban J connectivity index is 1.40. The third-order valence-electron chi connectivity index (χ3n) is 5.87. The van der Waals surface area contributed by atoms with Gasteiger partial charge in [0.25, 0.3) is 0 Å². The number of carbonyl (C=O) groups is 1. The van der Waals surface area contributed by atoms with Crippen molar-refractivity contribution in [3.63, 3.8) is 0 Å². The Morgan fingerprint density at radius 2 is 1.81 bits per heavy atom. The zero-order valence-electron chi connectivity index (χ0n) is 15.1. The zero-order valence-corrected chi connectivity index (χ0v) is 15.8. The fourth-order valence-electron chi connectivity index (χ4n) is 3.97. The number of halogens is 1. The highest BCUT2D eigenvalue weighted by atomic mass is 35.5. The Hall–Kier alpha value is -1.91. The highest BCUT2D eigenvalue weighted by Crippen LogP contribution is 2.50. The zero-order chi connectivity index (χ0) is 18.1. The van der Waals surface area contributed by atoms with E-state index in [2.05, 4.69) is 22.9 Å². The lowest BCUT2D eigenvalue weighted by atomic mass is 9.94. The van der Waals surface area contributed by atoms with Crippen molar-refractivity contribution in [2.24, 2.45) is 0 Å². The summed E-state index contributed by atoms with van der Waals surface area (Å²) in [5, 5.41) is 0.718. The van der Waals surface area contributed by atoms with Gasteiger partial charge in [0, 0.05) is 49.6 Å². The summed E-state index contributed by atoms with van der Waals surface area (Å²) >= 11 is 6.00. The van der Waals surface area contributed by atoms with Crippen molar-refractivity contribution in [2.75, 3.05) is 26.2 Å². The number of aromatic nitrogens is 1. The van der Waals surface area contributed by atoms with Crippen molar-refractivity contribution in [1.82, 2.24) is 14.8 Å². The normalized spacial score (nSPS) is 20.6. The Morgan fingerprint density at radius 1 is 1.12 bits per heavy atom. The van der Waals surface area contributed by atoms with Gasteiger partial charge in [-0.25, -0.2) is 0 Å². The maximum absolute atomic E-state index is 13.2. The van der Waals surface area contributed by atoms with Gasteiger partial charge in [-0.15, -0.1) is 0 Å². The van der Waals surface area contributed by atoms with E-state index in [1.165, 1.54) is 5.56 Å². The maximum atomic E-state index is 13.2. The highest BCUT2D eigenvalue weighted by molar-refractivity contribution is 6.30. The second kappa shape index (κ2) is 7.01. The molecule has 1 saturated carbocycles. The van der Waals surface area contributed by atoms with Gasteiger partial charge in [0.05, 0.1) is 5.41 Å². The van der Waals surface area contributed by atoms with Crippen LogP contribution in [0.25, 0.3) is 0 Å². The molecule has 4 nitrogen and oxygen atoms in total. The molecule has 1 aromatic heterocycles. The van der Waals surface area contributed by atoms with Gasteiger partial charge in [-0.1, -0.05) is 29.8 Å². The smallest absolute Gasteiger partial charge is 0.233 e. The number of piperazine rings is 1. The molecule has 26 heavy (non-hydrogen) atoms. The maximum Gasteiger partial charge on any atom is 0.233 e. The van der Waals surface area contributed by atoms with Gasteiger partial charge in [0.15, 0.2) is 0 Å². The number of benzene rings is 1. The van der Waals surface area contributed by atoms with Gasteiger partial charge >= 0.3 is 0 Å². The van der Waals surface area contributed by atoms with E-state index in [1.54, 1.807) is 6.20 Å². The third-order valence-corrected chi connectivity index (χ3v) is 6.12. The number of nitrogens with zero attached hydrogens (tertiary/aromatic N) is 3. The van der Waals surface area contributed by atoms with Crippen LogP contribution in [0.15, 0.2) is 48.8 Å². The predicted molar refractivity (Wildman–Crippen MR) is 103 cm³/mol. The van der Waals surface area contributed by atoms with Crippen molar-refractivity contribution in [3.8, 4) is 0 Å². The Bertz CT molecular complexity index is 766. The summed E-state index contributed by atoms with van der Waals surface area (Å²) in [6.45, 7) is 5.60. The molecule has 136 valence electrons. The van der Waals surface area contributed by atoms with Crippen LogP contribution in [0, 0.1) is 0 Å². The van der Waals surface area contributed by atoms with Crippen molar-refractivity contribution in [1.29, 1.82) is 0 Å². The molecule has 0 spiro atoms. The second-order valence-corrected chi connectivity index (χ2v) is 7.82. The molecule has 2 heterocycles. The van der Waals surface area contributed by atoms with E-state index < -0.39 is 0 Å². The minimum absolute atomic E-state index is 0.286. The van der Waals surface area contributed by atoms with Gasteiger partial charge in [-0.2, -0.15) is 0 Å². The second-order valence-electron chi connectivity index (χ2n) is 7.38. The Labute approximate surface area is 159 Å². The molecule has 0 radical (unpaired) electrons. The fraction of sp³-hybridized carbons (Fsp3) is 0.429. The van der Waals surface area contributed by atoms with Crippen molar-refractivity contribution in [2.45, 2.75) is 31.2 Å². The largest absolute Gasteiger partial charge is 0.339 e. The van der Waals surface area contributed by atoms with Gasteiger partial charge < -0.3 is 4.90 Å². The molecule has 1 aliphatic carbocycles. The molecule has 2 fully saturated rings. The summed E-state index contributed by atoms with van der Waals surface area (Å²) in [4.78, 5) is 21.9. The molecule has 1 aromatic carbocycles. The standard InChI is InChI=1S/C21H24ClN3O/c1-16(17-3-2-10-23-15-17)24-11-13-25(14-12-24)20(26)21(8-9-21)18-4-6-19(22)7-5-18/h2-7,10,15-16H,8-9,11-14H2,1H3. The van der Waals surface area contributed by atoms with E-state index >= 15 is 0 Å². The predicted octanol–water partition coefficient (Wildman–Crippen LogP) is 3.67. The fourth-order valence-corrected chi connectivity index (χ4v) is 4.09. The lowest BCUT2D eigenvalue weighted by Gasteiger charge is -2.39. The van der Waals surface area contributed by atoms with E-state index in [0.29, 0.717) is 6.04 Å². The average Bonchev–Trinajstić information content (AvgIpc) is 3.50. The van der Waals surface area contributed by atoms with Gasteiger partial charge in [0.1, 0.15) is 0 Å². The highest BCUT2D eigenvalue weighted by Gasteiger charge is 2.53. The summed E-state index contributed by atoms with van der Waals surface area (Å²) in [7, 11) is 0. The number of hydrogen-bond acceptors (Lipinski definition) is 3. The van der Waals surface area contributed by atoms with E-state index in [0.717, 1.165) is 49.6 Å². The summed E-state index contributed by atoms with van der Waals surface area (Å²) < 4.78 is 0. The molecule has 0 N–H and O–H groups in total. The first kappa shape index (κ1) is 17.5. The third kappa shape index (κ3) is 3.24. The lowest BCUT2D eigenvalue weighted by Crippen LogP contribution is -2.51. The average molecular weight is 370 g/mol. The van der Waals surface area contributed by atoms with Crippen LogP contribution in [-0.4, -0.2) is 46.9 Å². The number of amides is 1. The van der Waals surface area contributed by atoms with Gasteiger partial charge in [0.2, 0.25) is 5.91 Å².